The fourth-order valence-electron chi connectivity index (χ4n) is 1.67. The highest BCUT2D eigenvalue weighted by atomic mass is 32.1. The zero-order chi connectivity index (χ0) is 14.6. The third-order valence-corrected chi connectivity index (χ3v) is 2.90. The molecule has 0 fully saturated rings. The molecule has 0 amide bonds. The first-order chi connectivity index (χ1) is 8.85. The lowest BCUT2D eigenvalue weighted by Crippen LogP contribution is -2.35. The smallest absolute Gasteiger partial charge is 0.328 e. The van der Waals surface area contributed by atoms with Crippen LogP contribution in [0.1, 0.15) is 25.1 Å². The van der Waals surface area contributed by atoms with Crippen molar-refractivity contribution in [3.63, 3.8) is 0 Å². The van der Waals surface area contributed by atoms with Crippen molar-refractivity contribution in [2.75, 3.05) is 12.4 Å². The van der Waals surface area contributed by atoms with Crippen molar-refractivity contribution in [2.45, 2.75) is 26.8 Å². The van der Waals surface area contributed by atoms with Crippen LogP contribution in [0.3, 0.4) is 0 Å². The maximum Gasteiger partial charge on any atom is 0.328 e. The lowest BCUT2D eigenvalue weighted by molar-refractivity contribution is -0.142. The second-order valence-electron chi connectivity index (χ2n) is 4.64. The van der Waals surface area contributed by atoms with Gasteiger partial charge in [0.15, 0.2) is 0 Å². The first-order valence-electron chi connectivity index (χ1n) is 5.98. The van der Waals surface area contributed by atoms with E-state index in [1.807, 2.05) is 20.8 Å². The summed E-state index contributed by atoms with van der Waals surface area (Å²) in [4.78, 5) is 16.3. The molecule has 1 aromatic heterocycles. The summed E-state index contributed by atoms with van der Waals surface area (Å²) >= 11 is 4.95. The zero-order valence-electron chi connectivity index (χ0n) is 11.6. The fourth-order valence-corrected chi connectivity index (χ4v) is 1.79. The standard InChI is InChI=1S/C13H19N3O2S/c1-7(2)11(13(17)18-4)16-10-6-9(12(14)19)5-8(3)15-10/h5-7,11H,1-4H3,(H2,14,19)(H,15,16). The van der Waals surface area contributed by atoms with Crippen molar-refractivity contribution in [3.05, 3.63) is 23.4 Å². The molecule has 0 saturated carbocycles. The molecule has 0 bridgehead atoms. The number of pyridine rings is 1. The van der Waals surface area contributed by atoms with Crippen molar-refractivity contribution in [3.8, 4) is 0 Å². The van der Waals surface area contributed by atoms with E-state index in [1.54, 1.807) is 12.1 Å². The SMILES string of the molecule is COC(=O)C(Nc1cc(C(N)=S)cc(C)n1)C(C)C. The van der Waals surface area contributed by atoms with Crippen molar-refractivity contribution in [1.29, 1.82) is 0 Å². The van der Waals surface area contributed by atoms with Gasteiger partial charge in [0.25, 0.3) is 0 Å². The summed E-state index contributed by atoms with van der Waals surface area (Å²) in [6.07, 6.45) is 0. The van der Waals surface area contributed by atoms with Crippen LogP contribution in [0, 0.1) is 12.8 Å². The first kappa shape index (κ1) is 15.4. The van der Waals surface area contributed by atoms with E-state index >= 15 is 0 Å². The number of hydrogen-bond acceptors (Lipinski definition) is 5. The average Bonchev–Trinajstić information content (AvgIpc) is 2.34. The summed E-state index contributed by atoms with van der Waals surface area (Å²) in [5, 5.41) is 3.06. The number of aromatic nitrogens is 1. The number of thiocarbonyl (C=S) groups is 1. The van der Waals surface area contributed by atoms with Crippen LogP contribution in [0.2, 0.25) is 0 Å². The minimum Gasteiger partial charge on any atom is -0.467 e. The Morgan fingerprint density at radius 3 is 2.58 bits per heavy atom. The van der Waals surface area contributed by atoms with Gasteiger partial charge in [-0.1, -0.05) is 26.1 Å². The highest BCUT2D eigenvalue weighted by Gasteiger charge is 2.23. The molecule has 0 aliphatic carbocycles. The van der Waals surface area contributed by atoms with Gasteiger partial charge in [-0.15, -0.1) is 0 Å². The van der Waals surface area contributed by atoms with Gasteiger partial charge >= 0.3 is 5.97 Å². The van der Waals surface area contributed by atoms with Crippen LogP contribution in [0.4, 0.5) is 5.82 Å². The molecule has 1 atom stereocenters. The second kappa shape index (κ2) is 6.47. The Labute approximate surface area is 118 Å². The lowest BCUT2D eigenvalue weighted by Gasteiger charge is -2.20. The Kier molecular flexibility index (Phi) is 5.23. The van der Waals surface area contributed by atoms with Gasteiger partial charge in [-0.25, -0.2) is 9.78 Å². The second-order valence-corrected chi connectivity index (χ2v) is 5.08. The van der Waals surface area contributed by atoms with Crippen LogP contribution in [-0.2, 0) is 9.53 Å². The summed E-state index contributed by atoms with van der Waals surface area (Å²) in [7, 11) is 1.36. The summed E-state index contributed by atoms with van der Waals surface area (Å²) < 4.78 is 4.77. The number of methoxy groups -OCH3 is 1. The molecule has 0 radical (unpaired) electrons. The molecule has 1 aromatic rings. The number of nitrogens with one attached hydrogen (secondary N) is 1. The van der Waals surface area contributed by atoms with Gasteiger partial charge in [0.2, 0.25) is 0 Å². The van der Waals surface area contributed by atoms with Crippen LogP contribution in [-0.4, -0.2) is 29.1 Å². The van der Waals surface area contributed by atoms with Crippen LogP contribution in [0.5, 0.6) is 0 Å². The molecule has 104 valence electrons. The highest BCUT2D eigenvalue weighted by Crippen LogP contribution is 2.15. The summed E-state index contributed by atoms with van der Waals surface area (Å²) in [5.74, 6) is 0.310. The Morgan fingerprint density at radius 2 is 2.11 bits per heavy atom. The number of ether oxygens (including phenoxy) is 1. The molecule has 1 rings (SSSR count). The Hall–Kier alpha value is -1.69. The molecule has 5 nitrogen and oxygen atoms in total. The van der Waals surface area contributed by atoms with E-state index < -0.39 is 6.04 Å². The number of rotatable bonds is 5. The minimum atomic E-state index is -0.460. The van der Waals surface area contributed by atoms with Crippen LogP contribution in [0.25, 0.3) is 0 Å². The largest absolute Gasteiger partial charge is 0.467 e. The Bertz CT molecular complexity index is 489. The van der Waals surface area contributed by atoms with Gasteiger partial charge in [-0.2, -0.15) is 0 Å². The number of carbonyl (C=O) groups excluding carboxylic acids is 1. The average molecular weight is 281 g/mol. The number of nitrogens with two attached hydrogens (primary N) is 1. The quantitative estimate of drug-likeness (QED) is 0.631. The maximum atomic E-state index is 11.7. The molecule has 1 unspecified atom stereocenters. The number of aryl methyl sites for hydroxylation is 1. The van der Waals surface area contributed by atoms with Gasteiger partial charge in [0.05, 0.1) is 7.11 Å². The van der Waals surface area contributed by atoms with E-state index in [4.69, 9.17) is 22.7 Å². The third-order valence-electron chi connectivity index (χ3n) is 2.66. The van der Waals surface area contributed by atoms with Gasteiger partial charge < -0.3 is 15.8 Å². The van der Waals surface area contributed by atoms with E-state index in [0.717, 1.165) is 11.3 Å². The zero-order valence-corrected chi connectivity index (χ0v) is 12.4. The van der Waals surface area contributed by atoms with Crippen molar-refractivity contribution < 1.29 is 9.53 Å². The fraction of sp³-hybridized carbons (Fsp3) is 0.462. The van der Waals surface area contributed by atoms with Gasteiger partial charge in [-0.05, 0) is 25.0 Å². The van der Waals surface area contributed by atoms with E-state index in [2.05, 4.69) is 10.3 Å². The van der Waals surface area contributed by atoms with E-state index in [1.165, 1.54) is 7.11 Å². The summed E-state index contributed by atoms with van der Waals surface area (Å²) in [6.45, 7) is 5.70. The van der Waals surface area contributed by atoms with Crippen molar-refractivity contribution in [2.24, 2.45) is 11.7 Å². The topological polar surface area (TPSA) is 77.2 Å². The van der Waals surface area contributed by atoms with Gasteiger partial charge in [-0.3, -0.25) is 0 Å². The maximum absolute atomic E-state index is 11.7. The van der Waals surface area contributed by atoms with E-state index in [-0.39, 0.29) is 11.9 Å². The lowest BCUT2D eigenvalue weighted by atomic mass is 10.0. The molecule has 6 heteroatoms. The first-order valence-corrected chi connectivity index (χ1v) is 6.38. The van der Waals surface area contributed by atoms with Crippen LogP contribution < -0.4 is 11.1 Å². The van der Waals surface area contributed by atoms with E-state index in [0.29, 0.717) is 10.8 Å². The molecule has 0 aliphatic heterocycles. The molecule has 1 heterocycles. The number of esters is 1. The number of hydrogen-bond donors (Lipinski definition) is 2. The van der Waals surface area contributed by atoms with Crippen LogP contribution >= 0.6 is 12.2 Å². The molecule has 3 N–H and O–H groups in total. The molecule has 0 saturated heterocycles. The highest BCUT2D eigenvalue weighted by molar-refractivity contribution is 7.80. The number of carbonyl (C=O) groups is 1. The van der Waals surface area contributed by atoms with Gasteiger partial charge in [0.1, 0.15) is 16.8 Å². The monoisotopic (exact) mass is 281 g/mol. The minimum absolute atomic E-state index is 0.0723. The predicted octanol–water partition coefficient (Wildman–Crippen LogP) is 1.63. The third kappa shape index (κ3) is 4.17. The molecular formula is C13H19N3O2S. The van der Waals surface area contributed by atoms with Crippen molar-refractivity contribution in [1.82, 2.24) is 4.98 Å². The molecule has 19 heavy (non-hydrogen) atoms. The predicted molar refractivity (Wildman–Crippen MR) is 79.1 cm³/mol. The van der Waals surface area contributed by atoms with Crippen molar-refractivity contribution >= 4 is 29.0 Å². The summed E-state index contributed by atoms with van der Waals surface area (Å²) in [6, 6.07) is 3.07. The van der Waals surface area contributed by atoms with Gasteiger partial charge in [0, 0.05) is 11.3 Å². The normalized spacial score (nSPS) is 12.1. The number of anilines is 1. The Balaban J connectivity index is 3.02. The summed E-state index contributed by atoms with van der Waals surface area (Å²) in [5.41, 5.74) is 7.11. The Morgan fingerprint density at radius 1 is 1.47 bits per heavy atom. The number of nitrogens with zero attached hydrogens (tertiary/aromatic N) is 1. The molecule has 0 spiro atoms. The molecule has 0 aromatic carbocycles. The molecular weight excluding hydrogens is 262 g/mol. The molecule has 0 aliphatic rings. The van der Waals surface area contributed by atoms with E-state index in [9.17, 15) is 4.79 Å². The van der Waals surface area contributed by atoms with Crippen LogP contribution in [0.15, 0.2) is 12.1 Å².